The maximum Gasteiger partial charge on any atom is 0.255 e. The van der Waals surface area contributed by atoms with Gasteiger partial charge in [-0.15, -0.1) is 0 Å². The quantitative estimate of drug-likeness (QED) is 0.815. The summed E-state index contributed by atoms with van der Waals surface area (Å²) in [5.41, 5.74) is 1.24. The minimum absolute atomic E-state index is 0.177. The van der Waals surface area contributed by atoms with Gasteiger partial charge in [0.15, 0.2) is 0 Å². The predicted molar refractivity (Wildman–Crippen MR) is 104 cm³/mol. The Morgan fingerprint density at radius 1 is 0.962 bits per heavy atom. The Labute approximate surface area is 154 Å². The number of rotatable bonds is 6. The van der Waals surface area contributed by atoms with Crippen LogP contribution in [0.4, 0.5) is 5.69 Å². The van der Waals surface area contributed by atoms with Crippen molar-refractivity contribution in [2.75, 3.05) is 11.9 Å². The van der Waals surface area contributed by atoms with Gasteiger partial charge in [0, 0.05) is 22.4 Å². The topological polar surface area (TPSA) is 67.4 Å². The van der Waals surface area contributed by atoms with E-state index in [-0.39, 0.29) is 17.4 Å². The van der Waals surface area contributed by atoms with Crippen LogP contribution in [0, 0.1) is 0 Å². The maximum atomic E-state index is 12.5. The van der Waals surface area contributed by atoms with Crippen molar-refractivity contribution in [1.29, 1.82) is 0 Å². The molecule has 2 aromatic carbocycles. The van der Waals surface area contributed by atoms with E-state index in [2.05, 4.69) is 10.6 Å². The van der Waals surface area contributed by atoms with E-state index in [0.717, 1.165) is 6.42 Å². The predicted octanol–water partition coefficient (Wildman–Crippen LogP) is 4.26. The molecule has 0 saturated heterocycles. The smallest absolute Gasteiger partial charge is 0.255 e. The first kappa shape index (κ1) is 19.5. The van der Waals surface area contributed by atoms with Crippen molar-refractivity contribution in [3.05, 3.63) is 59.7 Å². The third-order valence-corrected chi connectivity index (χ3v) is 3.44. The largest absolute Gasteiger partial charge is 0.494 e. The van der Waals surface area contributed by atoms with Crippen LogP contribution in [0.1, 0.15) is 54.8 Å². The molecular formula is C21H26N2O3. The highest BCUT2D eigenvalue weighted by molar-refractivity contribution is 6.05. The molecule has 0 radical (unpaired) electrons. The minimum atomic E-state index is -0.324. The SMILES string of the molecule is CCCOc1cccc(C(=O)Nc2cccc(C(=O)NC(C)(C)C)c2)c1. The average Bonchev–Trinajstić information content (AvgIpc) is 2.59. The van der Waals surface area contributed by atoms with Crippen molar-refractivity contribution in [1.82, 2.24) is 5.32 Å². The summed E-state index contributed by atoms with van der Waals surface area (Å²) in [6.07, 6.45) is 0.903. The molecule has 2 rings (SSSR count). The molecule has 5 nitrogen and oxygen atoms in total. The molecule has 0 spiro atoms. The van der Waals surface area contributed by atoms with E-state index in [1.54, 1.807) is 42.5 Å². The Balaban J connectivity index is 2.10. The van der Waals surface area contributed by atoms with Crippen LogP contribution in [-0.2, 0) is 0 Å². The zero-order valence-electron chi connectivity index (χ0n) is 15.8. The van der Waals surface area contributed by atoms with E-state index in [0.29, 0.717) is 29.2 Å². The van der Waals surface area contributed by atoms with Crippen molar-refractivity contribution in [3.63, 3.8) is 0 Å². The van der Waals surface area contributed by atoms with Crippen molar-refractivity contribution >= 4 is 17.5 Å². The number of ether oxygens (including phenoxy) is 1. The highest BCUT2D eigenvalue weighted by Crippen LogP contribution is 2.17. The summed E-state index contributed by atoms with van der Waals surface area (Å²) >= 11 is 0. The molecule has 0 unspecified atom stereocenters. The monoisotopic (exact) mass is 354 g/mol. The Bertz CT molecular complexity index is 779. The number of hydrogen-bond acceptors (Lipinski definition) is 3. The molecule has 138 valence electrons. The Kier molecular flexibility index (Phi) is 6.39. The van der Waals surface area contributed by atoms with Gasteiger partial charge >= 0.3 is 0 Å². The molecule has 0 atom stereocenters. The molecule has 0 heterocycles. The van der Waals surface area contributed by atoms with Gasteiger partial charge in [-0.25, -0.2) is 0 Å². The van der Waals surface area contributed by atoms with Crippen LogP contribution in [-0.4, -0.2) is 24.0 Å². The highest BCUT2D eigenvalue weighted by Gasteiger charge is 2.16. The van der Waals surface area contributed by atoms with Gasteiger partial charge in [0.05, 0.1) is 6.61 Å². The van der Waals surface area contributed by atoms with Gasteiger partial charge in [-0.3, -0.25) is 9.59 Å². The molecular weight excluding hydrogens is 328 g/mol. The van der Waals surface area contributed by atoms with Crippen molar-refractivity contribution < 1.29 is 14.3 Å². The van der Waals surface area contributed by atoms with Gasteiger partial charge in [0.1, 0.15) is 5.75 Å². The van der Waals surface area contributed by atoms with Gasteiger partial charge in [0.2, 0.25) is 0 Å². The molecule has 0 fully saturated rings. The second kappa shape index (κ2) is 8.52. The van der Waals surface area contributed by atoms with Crippen LogP contribution in [0.3, 0.4) is 0 Å². The third-order valence-electron chi connectivity index (χ3n) is 3.44. The number of benzene rings is 2. The fourth-order valence-electron chi connectivity index (χ4n) is 2.30. The molecule has 26 heavy (non-hydrogen) atoms. The lowest BCUT2D eigenvalue weighted by Gasteiger charge is -2.20. The van der Waals surface area contributed by atoms with Gasteiger partial charge in [-0.05, 0) is 63.6 Å². The second-order valence-electron chi connectivity index (χ2n) is 7.12. The zero-order chi connectivity index (χ0) is 19.2. The molecule has 2 amide bonds. The van der Waals surface area contributed by atoms with Crippen molar-refractivity contribution in [2.45, 2.75) is 39.7 Å². The van der Waals surface area contributed by atoms with Crippen molar-refractivity contribution in [3.8, 4) is 5.75 Å². The molecule has 0 saturated carbocycles. The molecule has 0 aliphatic carbocycles. The van der Waals surface area contributed by atoms with Crippen LogP contribution < -0.4 is 15.4 Å². The van der Waals surface area contributed by atoms with E-state index in [9.17, 15) is 9.59 Å². The van der Waals surface area contributed by atoms with E-state index in [1.807, 2.05) is 33.8 Å². The molecule has 0 aliphatic rings. The van der Waals surface area contributed by atoms with Crippen LogP contribution in [0.15, 0.2) is 48.5 Å². The van der Waals surface area contributed by atoms with Gasteiger partial charge < -0.3 is 15.4 Å². The summed E-state index contributed by atoms with van der Waals surface area (Å²) in [5.74, 6) is 0.238. The van der Waals surface area contributed by atoms with Crippen LogP contribution in [0.2, 0.25) is 0 Å². The number of hydrogen-bond donors (Lipinski definition) is 2. The normalized spacial score (nSPS) is 10.9. The lowest BCUT2D eigenvalue weighted by atomic mass is 10.1. The Hall–Kier alpha value is -2.82. The van der Waals surface area contributed by atoms with E-state index < -0.39 is 0 Å². The zero-order valence-corrected chi connectivity index (χ0v) is 15.8. The maximum absolute atomic E-state index is 12.5. The standard InChI is InChI=1S/C21H26N2O3/c1-5-12-26-18-11-7-9-16(14-18)19(24)22-17-10-6-8-15(13-17)20(25)23-21(2,3)4/h6-11,13-14H,5,12H2,1-4H3,(H,22,24)(H,23,25). The van der Waals surface area contributed by atoms with Gasteiger partial charge in [-0.1, -0.05) is 19.1 Å². The van der Waals surface area contributed by atoms with Gasteiger partial charge in [-0.2, -0.15) is 0 Å². The fraction of sp³-hybridized carbons (Fsp3) is 0.333. The highest BCUT2D eigenvalue weighted by atomic mass is 16.5. The summed E-state index contributed by atoms with van der Waals surface area (Å²) in [5, 5.41) is 5.73. The fourth-order valence-corrected chi connectivity index (χ4v) is 2.30. The minimum Gasteiger partial charge on any atom is -0.494 e. The Morgan fingerprint density at radius 3 is 2.27 bits per heavy atom. The summed E-state index contributed by atoms with van der Waals surface area (Å²) in [4.78, 5) is 24.8. The summed E-state index contributed by atoms with van der Waals surface area (Å²) in [6, 6.07) is 13.9. The summed E-state index contributed by atoms with van der Waals surface area (Å²) < 4.78 is 5.56. The first-order valence-electron chi connectivity index (χ1n) is 8.75. The average molecular weight is 354 g/mol. The lowest BCUT2D eigenvalue weighted by Crippen LogP contribution is -2.40. The summed E-state index contributed by atoms with van der Waals surface area (Å²) in [7, 11) is 0. The number of nitrogens with one attached hydrogen (secondary N) is 2. The molecule has 0 aromatic heterocycles. The Morgan fingerprint density at radius 2 is 1.62 bits per heavy atom. The van der Waals surface area contributed by atoms with E-state index in [1.165, 1.54) is 0 Å². The molecule has 0 aliphatic heterocycles. The third kappa shape index (κ3) is 5.92. The number of amides is 2. The van der Waals surface area contributed by atoms with Crippen molar-refractivity contribution in [2.24, 2.45) is 0 Å². The molecule has 5 heteroatoms. The summed E-state index contributed by atoms with van der Waals surface area (Å²) in [6.45, 7) is 8.40. The van der Waals surface area contributed by atoms with Crippen LogP contribution >= 0.6 is 0 Å². The first-order valence-corrected chi connectivity index (χ1v) is 8.75. The number of carbonyl (C=O) groups is 2. The lowest BCUT2D eigenvalue weighted by molar-refractivity contribution is 0.0918. The molecule has 2 N–H and O–H groups in total. The van der Waals surface area contributed by atoms with Crippen LogP contribution in [0.25, 0.3) is 0 Å². The molecule has 0 bridgehead atoms. The van der Waals surface area contributed by atoms with E-state index >= 15 is 0 Å². The first-order chi connectivity index (χ1) is 12.3. The van der Waals surface area contributed by atoms with E-state index in [4.69, 9.17) is 4.74 Å². The number of anilines is 1. The van der Waals surface area contributed by atoms with Crippen LogP contribution in [0.5, 0.6) is 5.75 Å². The molecule has 2 aromatic rings. The number of carbonyl (C=O) groups excluding carboxylic acids is 2. The second-order valence-corrected chi connectivity index (χ2v) is 7.12. The van der Waals surface area contributed by atoms with Gasteiger partial charge in [0.25, 0.3) is 11.8 Å².